The summed E-state index contributed by atoms with van der Waals surface area (Å²) in [6.07, 6.45) is 2.65. The Hall–Kier alpha value is -1.00. The maximum Gasteiger partial charge on any atom is 0.191 e. The van der Waals surface area contributed by atoms with E-state index in [0.29, 0.717) is 50.9 Å². The highest BCUT2D eigenvalue weighted by Gasteiger charge is 2.04. The molecular formula is C18H30F2IN3O2. The number of halogens is 3. The summed E-state index contributed by atoms with van der Waals surface area (Å²) < 4.78 is 37.2. The topological polar surface area (TPSA) is 54.9 Å². The quantitative estimate of drug-likeness (QED) is 0.207. The molecule has 0 saturated heterocycles. The summed E-state index contributed by atoms with van der Waals surface area (Å²) >= 11 is 0. The molecule has 0 radical (unpaired) electrons. The highest BCUT2D eigenvalue weighted by molar-refractivity contribution is 14.0. The number of unbranched alkanes of at least 4 members (excludes halogenated alkanes) is 1. The lowest BCUT2D eigenvalue weighted by molar-refractivity contribution is 0.0487. The van der Waals surface area contributed by atoms with Crippen LogP contribution in [0.3, 0.4) is 0 Å². The fourth-order valence-corrected chi connectivity index (χ4v) is 2.07. The van der Waals surface area contributed by atoms with Gasteiger partial charge in [-0.15, -0.1) is 24.0 Å². The van der Waals surface area contributed by atoms with Gasteiger partial charge in [0.05, 0.1) is 19.8 Å². The summed E-state index contributed by atoms with van der Waals surface area (Å²) in [6, 6.07) is 3.61. The summed E-state index contributed by atoms with van der Waals surface area (Å²) in [5.41, 5.74) is 0.468. The van der Waals surface area contributed by atoms with E-state index in [9.17, 15) is 8.78 Å². The van der Waals surface area contributed by atoms with Crippen LogP contribution in [0.25, 0.3) is 0 Å². The molecule has 0 aliphatic carbocycles. The summed E-state index contributed by atoms with van der Waals surface area (Å²) in [4.78, 5) is 4.08. The second kappa shape index (κ2) is 16.2. The third-order valence-electron chi connectivity index (χ3n) is 3.48. The largest absolute Gasteiger partial charge is 0.379 e. The van der Waals surface area contributed by atoms with Crippen LogP contribution in [0.15, 0.2) is 23.2 Å². The second-order valence-electron chi connectivity index (χ2n) is 5.49. The van der Waals surface area contributed by atoms with E-state index in [2.05, 4.69) is 22.5 Å². The van der Waals surface area contributed by atoms with Crippen LogP contribution in [0.5, 0.6) is 0 Å². The maximum atomic E-state index is 13.5. The van der Waals surface area contributed by atoms with Crippen molar-refractivity contribution in [2.24, 2.45) is 4.99 Å². The summed E-state index contributed by atoms with van der Waals surface area (Å²) in [6.45, 7) is 5.74. The molecule has 0 aliphatic rings. The Balaban J connectivity index is 0.00000625. The lowest BCUT2D eigenvalue weighted by atomic mass is 10.1. The summed E-state index contributed by atoms with van der Waals surface area (Å²) in [5, 5.41) is 6.19. The number of guanidine groups is 1. The number of aliphatic imine (C=N–C) groups is 1. The minimum Gasteiger partial charge on any atom is -0.379 e. The molecule has 8 heteroatoms. The zero-order valence-electron chi connectivity index (χ0n) is 15.5. The van der Waals surface area contributed by atoms with E-state index in [-0.39, 0.29) is 24.0 Å². The first-order valence-corrected chi connectivity index (χ1v) is 8.71. The van der Waals surface area contributed by atoms with Crippen molar-refractivity contribution in [3.63, 3.8) is 0 Å². The molecule has 0 unspecified atom stereocenters. The molecule has 1 aromatic rings. The molecule has 0 atom stereocenters. The van der Waals surface area contributed by atoms with Gasteiger partial charge in [0.2, 0.25) is 0 Å². The van der Waals surface area contributed by atoms with Crippen LogP contribution in [-0.4, -0.2) is 52.5 Å². The van der Waals surface area contributed by atoms with Gasteiger partial charge in [0.25, 0.3) is 0 Å². The van der Waals surface area contributed by atoms with E-state index in [4.69, 9.17) is 9.47 Å². The molecule has 0 bridgehead atoms. The van der Waals surface area contributed by atoms with Crippen LogP contribution < -0.4 is 10.6 Å². The first kappa shape index (κ1) is 25.0. The van der Waals surface area contributed by atoms with Crippen molar-refractivity contribution in [2.45, 2.75) is 26.2 Å². The Morgan fingerprint density at radius 3 is 2.38 bits per heavy atom. The third kappa shape index (κ3) is 11.6. The first-order chi connectivity index (χ1) is 12.2. The minimum absolute atomic E-state index is 0. The lowest BCUT2D eigenvalue weighted by Crippen LogP contribution is -2.40. The Morgan fingerprint density at radius 1 is 1.04 bits per heavy atom. The van der Waals surface area contributed by atoms with E-state index >= 15 is 0 Å². The molecule has 0 fully saturated rings. The van der Waals surface area contributed by atoms with Crippen molar-refractivity contribution in [2.75, 3.05) is 46.6 Å². The van der Waals surface area contributed by atoms with E-state index < -0.39 is 11.6 Å². The number of benzene rings is 1. The second-order valence-corrected chi connectivity index (χ2v) is 5.49. The van der Waals surface area contributed by atoms with Crippen LogP contribution in [0.1, 0.15) is 25.3 Å². The van der Waals surface area contributed by atoms with E-state index in [1.807, 2.05) is 0 Å². The predicted molar refractivity (Wildman–Crippen MR) is 111 cm³/mol. The lowest BCUT2D eigenvalue weighted by Gasteiger charge is -2.12. The minimum atomic E-state index is -0.567. The fraction of sp³-hybridized carbons (Fsp3) is 0.611. The molecule has 0 saturated carbocycles. The normalized spacial score (nSPS) is 11.2. The molecule has 26 heavy (non-hydrogen) atoms. The SMILES string of the molecule is CCCCOCCOCCNC(=NC)NCCc1ccc(F)cc1F.I. The zero-order chi connectivity index (χ0) is 18.3. The van der Waals surface area contributed by atoms with Crippen LogP contribution in [0.2, 0.25) is 0 Å². The number of nitrogens with zero attached hydrogens (tertiary/aromatic N) is 1. The van der Waals surface area contributed by atoms with Crippen molar-refractivity contribution < 1.29 is 18.3 Å². The van der Waals surface area contributed by atoms with E-state index in [1.54, 1.807) is 7.05 Å². The highest BCUT2D eigenvalue weighted by atomic mass is 127. The molecule has 1 aromatic carbocycles. The molecule has 0 aliphatic heterocycles. The standard InChI is InChI=1S/C18H29F2N3O2.HI/c1-3-4-10-24-12-13-25-11-9-23-18(21-2)22-8-7-15-5-6-16(19)14-17(15)20;/h5-6,14H,3-4,7-13H2,1-2H3,(H2,21,22,23);1H. The van der Waals surface area contributed by atoms with Gasteiger partial charge in [-0.2, -0.15) is 0 Å². The van der Waals surface area contributed by atoms with Crippen LogP contribution in [0.4, 0.5) is 8.78 Å². The third-order valence-corrected chi connectivity index (χ3v) is 3.48. The number of rotatable bonds is 12. The van der Waals surface area contributed by atoms with Crippen molar-refractivity contribution in [3.05, 3.63) is 35.4 Å². The van der Waals surface area contributed by atoms with E-state index in [1.165, 1.54) is 12.1 Å². The highest BCUT2D eigenvalue weighted by Crippen LogP contribution is 2.09. The molecule has 2 N–H and O–H groups in total. The molecular weight excluding hydrogens is 455 g/mol. The number of nitrogens with one attached hydrogen (secondary N) is 2. The molecule has 0 spiro atoms. The Morgan fingerprint density at radius 2 is 1.73 bits per heavy atom. The van der Waals surface area contributed by atoms with Gasteiger partial charge in [-0.3, -0.25) is 4.99 Å². The van der Waals surface area contributed by atoms with Crippen LogP contribution in [0, 0.1) is 11.6 Å². The van der Waals surface area contributed by atoms with Gasteiger partial charge in [-0.25, -0.2) is 8.78 Å². The molecule has 5 nitrogen and oxygen atoms in total. The van der Waals surface area contributed by atoms with Gasteiger partial charge in [0.15, 0.2) is 5.96 Å². The Bertz CT molecular complexity index is 519. The van der Waals surface area contributed by atoms with Crippen LogP contribution >= 0.6 is 24.0 Å². The predicted octanol–water partition coefficient (Wildman–Crippen LogP) is 3.12. The van der Waals surface area contributed by atoms with Gasteiger partial charge in [0, 0.05) is 32.8 Å². The zero-order valence-corrected chi connectivity index (χ0v) is 17.9. The van der Waals surface area contributed by atoms with Gasteiger partial charge in [-0.1, -0.05) is 19.4 Å². The van der Waals surface area contributed by atoms with Crippen molar-refractivity contribution >= 4 is 29.9 Å². The first-order valence-electron chi connectivity index (χ1n) is 8.71. The number of hydrogen-bond acceptors (Lipinski definition) is 3. The fourth-order valence-electron chi connectivity index (χ4n) is 2.07. The molecule has 0 amide bonds. The van der Waals surface area contributed by atoms with Gasteiger partial charge in [-0.05, 0) is 24.5 Å². The Labute approximate surface area is 172 Å². The van der Waals surface area contributed by atoms with Gasteiger partial charge < -0.3 is 20.1 Å². The van der Waals surface area contributed by atoms with E-state index in [0.717, 1.165) is 25.5 Å². The van der Waals surface area contributed by atoms with Crippen LogP contribution in [-0.2, 0) is 15.9 Å². The molecule has 1 rings (SSSR count). The monoisotopic (exact) mass is 485 g/mol. The maximum absolute atomic E-state index is 13.5. The smallest absolute Gasteiger partial charge is 0.191 e. The van der Waals surface area contributed by atoms with Crippen molar-refractivity contribution in [1.82, 2.24) is 10.6 Å². The van der Waals surface area contributed by atoms with Crippen molar-refractivity contribution in [3.8, 4) is 0 Å². The summed E-state index contributed by atoms with van der Waals surface area (Å²) in [7, 11) is 1.66. The molecule has 0 aromatic heterocycles. The molecule has 150 valence electrons. The Kier molecular flexibility index (Phi) is 15.6. The molecule has 0 heterocycles. The summed E-state index contributed by atoms with van der Waals surface area (Å²) in [5.74, 6) is -0.480. The van der Waals surface area contributed by atoms with Gasteiger partial charge in [0.1, 0.15) is 11.6 Å². The number of hydrogen-bond donors (Lipinski definition) is 2. The van der Waals surface area contributed by atoms with Crippen molar-refractivity contribution in [1.29, 1.82) is 0 Å². The van der Waals surface area contributed by atoms with Gasteiger partial charge >= 0.3 is 0 Å². The number of ether oxygens (including phenoxy) is 2. The average molecular weight is 485 g/mol. The average Bonchev–Trinajstić information content (AvgIpc) is 2.60.